The molecule has 0 saturated carbocycles. The lowest BCUT2D eigenvalue weighted by Gasteiger charge is -2.19. The number of fused-ring (bicyclic) bond motifs is 3. The van der Waals surface area contributed by atoms with Crippen LogP contribution in [0.4, 0.5) is 26.3 Å². The highest BCUT2D eigenvalue weighted by Gasteiger charge is 2.41. The molecule has 0 spiro atoms. The van der Waals surface area contributed by atoms with Crippen molar-refractivity contribution in [2.24, 2.45) is 0 Å². The summed E-state index contributed by atoms with van der Waals surface area (Å²) in [6.07, 6.45) is -4.07. The third-order valence-corrected chi connectivity index (χ3v) is 4.06. The Morgan fingerprint density at radius 2 is 1.82 bits per heavy atom. The van der Waals surface area contributed by atoms with E-state index in [0.717, 1.165) is 18.3 Å². The molecule has 0 radical (unpaired) electrons. The highest BCUT2D eigenvalue weighted by Crippen LogP contribution is 2.42. The van der Waals surface area contributed by atoms with Gasteiger partial charge in [-0.3, -0.25) is 14.3 Å². The summed E-state index contributed by atoms with van der Waals surface area (Å²) in [4.78, 5) is 16.1. The van der Waals surface area contributed by atoms with Gasteiger partial charge in [-0.15, -0.1) is 6.42 Å². The maximum Gasteiger partial charge on any atom is 0.418 e. The second-order valence-corrected chi connectivity index (χ2v) is 5.67. The number of terminal acetylenes is 1. The monoisotopic (exact) mass is 395 g/mol. The number of hydrogen-bond acceptors (Lipinski definition) is 3. The third kappa shape index (κ3) is 2.83. The Morgan fingerprint density at radius 3 is 2.36 bits per heavy atom. The van der Waals surface area contributed by atoms with E-state index >= 15 is 0 Å². The number of benzene rings is 1. The van der Waals surface area contributed by atoms with Crippen LogP contribution in [0, 0.1) is 23.7 Å². The Bertz CT molecular complexity index is 1260. The van der Waals surface area contributed by atoms with Crippen molar-refractivity contribution in [2.75, 3.05) is 0 Å². The number of rotatable bonds is 1. The summed E-state index contributed by atoms with van der Waals surface area (Å²) >= 11 is 0. The highest BCUT2D eigenvalue weighted by atomic mass is 19.4. The molecule has 1 aromatic carbocycles. The molecule has 3 rings (SSSR count). The van der Waals surface area contributed by atoms with Crippen molar-refractivity contribution in [1.82, 2.24) is 9.55 Å². The molecular weight excluding hydrogens is 388 g/mol. The van der Waals surface area contributed by atoms with E-state index < -0.39 is 57.6 Å². The van der Waals surface area contributed by atoms with Crippen LogP contribution < -0.4 is 5.56 Å². The van der Waals surface area contributed by atoms with Crippen molar-refractivity contribution in [2.45, 2.75) is 18.9 Å². The van der Waals surface area contributed by atoms with Crippen LogP contribution in [0.5, 0.6) is 0 Å². The molecule has 2 aromatic heterocycles. The lowest BCUT2D eigenvalue weighted by atomic mass is 9.97. The second-order valence-electron chi connectivity index (χ2n) is 5.67. The smallest absolute Gasteiger partial charge is 0.295 e. The third-order valence-electron chi connectivity index (χ3n) is 4.06. The Morgan fingerprint density at radius 1 is 1.14 bits per heavy atom. The molecule has 0 aliphatic heterocycles. The summed E-state index contributed by atoms with van der Waals surface area (Å²) in [5.74, 6) is 2.07. The topological polar surface area (TPSA) is 58.7 Å². The molecule has 0 aliphatic rings. The molecule has 10 heteroatoms. The van der Waals surface area contributed by atoms with Crippen LogP contribution in [-0.4, -0.2) is 9.55 Å². The highest BCUT2D eigenvalue weighted by molar-refractivity contribution is 6.07. The fourth-order valence-corrected chi connectivity index (χ4v) is 3.05. The average Bonchev–Trinajstić information content (AvgIpc) is 2.60. The molecule has 28 heavy (non-hydrogen) atoms. The Hall–Kier alpha value is -3.53. The summed E-state index contributed by atoms with van der Waals surface area (Å²) in [5.41, 5.74) is -6.93. The molecule has 0 atom stereocenters. The minimum absolute atomic E-state index is 0.251. The van der Waals surface area contributed by atoms with Gasteiger partial charge < -0.3 is 0 Å². The quantitative estimate of drug-likeness (QED) is 0.354. The average molecular weight is 395 g/mol. The molecule has 0 fully saturated rings. The summed E-state index contributed by atoms with van der Waals surface area (Å²) in [6, 6.07) is 3.73. The number of nitrogens with zero attached hydrogens (tertiary/aromatic N) is 3. The number of alkyl halides is 6. The predicted molar refractivity (Wildman–Crippen MR) is 87.1 cm³/mol. The fourth-order valence-electron chi connectivity index (χ4n) is 3.05. The van der Waals surface area contributed by atoms with Gasteiger partial charge in [-0.1, -0.05) is 5.92 Å². The molecule has 0 bridgehead atoms. The van der Waals surface area contributed by atoms with Crippen LogP contribution in [0.2, 0.25) is 0 Å². The van der Waals surface area contributed by atoms with Crippen LogP contribution >= 0.6 is 0 Å². The zero-order chi connectivity index (χ0) is 20.9. The van der Waals surface area contributed by atoms with Crippen LogP contribution in [0.3, 0.4) is 0 Å². The Labute approximate surface area is 152 Å². The molecule has 3 aromatic rings. The first-order valence-electron chi connectivity index (χ1n) is 7.48. The lowest BCUT2D eigenvalue weighted by molar-refractivity contribution is -0.138. The van der Waals surface area contributed by atoms with Crippen molar-refractivity contribution in [3.63, 3.8) is 0 Å². The summed E-state index contributed by atoms with van der Waals surface area (Å²) in [5, 5.41) is 7.82. The van der Waals surface area contributed by atoms with Gasteiger partial charge in [-0.25, -0.2) is 0 Å². The lowest BCUT2D eigenvalue weighted by Crippen LogP contribution is -2.28. The fraction of sp³-hybridized carbons (Fsp3) is 0.167. The molecule has 2 heterocycles. The molecule has 4 nitrogen and oxygen atoms in total. The van der Waals surface area contributed by atoms with Crippen LogP contribution in [0.25, 0.3) is 21.8 Å². The van der Waals surface area contributed by atoms with Gasteiger partial charge in [0.2, 0.25) is 0 Å². The van der Waals surface area contributed by atoms with Gasteiger partial charge in [0.15, 0.2) is 0 Å². The van der Waals surface area contributed by atoms with Crippen LogP contribution in [0.15, 0.2) is 29.2 Å². The van der Waals surface area contributed by atoms with E-state index in [1.54, 1.807) is 0 Å². The first-order chi connectivity index (χ1) is 13.0. The molecule has 0 saturated heterocycles. The van der Waals surface area contributed by atoms with Gasteiger partial charge in [0, 0.05) is 17.0 Å². The zero-order valence-corrected chi connectivity index (χ0v) is 13.6. The molecule has 0 amide bonds. The van der Waals surface area contributed by atoms with Crippen molar-refractivity contribution >= 4 is 21.8 Å². The molecule has 0 unspecified atom stereocenters. The van der Waals surface area contributed by atoms with E-state index in [4.69, 9.17) is 11.7 Å². The van der Waals surface area contributed by atoms with Crippen molar-refractivity contribution < 1.29 is 26.3 Å². The number of nitriles is 1. The molecule has 0 N–H and O–H groups in total. The zero-order valence-electron chi connectivity index (χ0n) is 13.6. The van der Waals surface area contributed by atoms with Crippen LogP contribution in [-0.2, 0) is 18.9 Å². The van der Waals surface area contributed by atoms with E-state index in [1.165, 1.54) is 6.07 Å². The van der Waals surface area contributed by atoms with Gasteiger partial charge >= 0.3 is 12.4 Å². The summed E-state index contributed by atoms with van der Waals surface area (Å²) in [7, 11) is 0. The number of pyridine rings is 2. The van der Waals surface area contributed by atoms with E-state index in [0.29, 0.717) is 4.57 Å². The minimum atomic E-state index is -5.25. The van der Waals surface area contributed by atoms with Crippen molar-refractivity contribution in [3.8, 4) is 18.4 Å². The van der Waals surface area contributed by atoms with Crippen molar-refractivity contribution in [3.05, 3.63) is 51.4 Å². The van der Waals surface area contributed by atoms with Gasteiger partial charge in [0.25, 0.3) is 5.56 Å². The maximum atomic E-state index is 13.7. The van der Waals surface area contributed by atoms with E-state index in [2.05, 4.69) is 10.9 Å². The Kier molecular flexibility index (Phi) is 4.31. The van der Waals surface area contributed by atoms with E-state index in [9.17, 15) is 31.1 Å². The molecule has 142 valence electrons. The van der Waals surface area contributed by atoms with Gasteiger partial charge in [0.1, 0.15) is 11.6 Å². The Balaban J connectivity index is 2.79. The van der Waals surface area contributed by atoms with Gasteiger partial charge in [-0.05, 0) is 18.2 Å². The normalized spacial score (nSPS) is 12.1. The molecule has 0 aliphatic carbocycles. The van der Waals surface area contributed by atoms with Crippen LogP contribution in [0.1, 0.15) is 16.7 Å². The number of hydrogen-bond donors (Lipinski definition) is 0. The SMILES string of the molecule is C#CCn1c(=O)c(C#N)c(C(F)(F)F)c2cc(C(F)(F)F)c3ncccc3c21. The van der Waals surface area contributed by atoms with E-state index in [1.807, 2.05) is 0 Å². The summed E-state index contributed by atoms with van der Waals surface area (Å²) in [6.45, 7) is -0.544. The largest absolute Gasteiger partial charge is 0.418 e. The standard InChI is InChI=1S/C18H7F6N3O/c1-2-6-27-15-9-4-3-5-26-14(9)12(17(19,20)21)7-10(15)13(18(22,23)24)11(8-25)16(27)28/h1,3-5,7H,6H2. The maximum absolute atomic E-state index is 13.7. The first kappa shape index (κ1) is 19.2. The molecular formula is C18H7F6N3O. The number of halogens is 6. The second kappa shape index (κ2) is 6.27. The summed E-state index contributed by atoms with van der Waals surface area (Å²) < 4.78 is 82.1. The van der Waals surface area contributed by atoms with Gasteiger partial charge in [0.05, 0.1) is 28.7 Å². The predicted octanol–water partition coefficient (Wildman–Crippen LogP) is 4.09. The van der Waals surface area contributed by atoms with E-state index in [-0.39, 0.29) is 11.5 Å². The van der Waals surface area contributed by atoms with Crippen molar-refractivity contribution in [1.29, 1.82) is 5.26 Å². The van der Waals surface area contributed by atoms with Gasteiger partial charge in [-0.2, -0.15) is 31.6 Å². The number of aromatic nitrogens is 2. The minimum Gasteiger partial charge on any atom is -0.295 e. The first-order valence-corrected chi connectivity index (χ1v) is 7.48.